The first-order valence-corrected chi connectivity index (χ1v) is 8.89. The number of carbonyl (C=O) groups excluding carboxylic acids is 1. The van der Waals surface area contributed by atoms with E-state index in [1.54, 1.807) is 24.3 Å². The van der Waals surface area contributed by atoms with Crippen molar-refractivity contribution in [2.75, 3.05) is 12.4 Å². The van der Waals surface area contributed by atoms with E-state index in [1.165, 1.54) is 17.8 Å². The van der Waals surface area contributed by atoms with Gasteiger partial charge in [0, 0.05) is 19.5 Å². The van der Waals surface area contributed by atoms with E-state index >= 15 is 0 Å². The first-order chi connectivity index (χ1) is 11.7. The topological polar surface area (TPSA) is 51.0 Å². The fraction of sp³-hybridized carbons (Fsp3) is 0.353. The smallest absolute Gasteiger partial charge is 0.223 e. The molecule has 7 heteroatoms. The molecule has 126 valence electrons. The Morgan fingerprint density at radius 1 is 1.29 bits per heavy atom. The Balaban J connectivity index is 1.82. The molecule has 1 saturated heterocycles. The number of thioether (sulfide) groups is 1. The van der Waals surface area contributed by atoms with Gasteiger partial charge in [-0.05, 0) is 25.0 Å². The normalized spacial score (nSPS) is 14.9. The van der Waals surface area contributed by atoms with Crippen molar-refractivity contribution in [3.05, 3.63) is 42.7 Å². The molecule has 1 aromatic heterocycles. The molecule has 1 fully saturated rings. The molecule has 0 bridgehead atoms. The van der Waals surface area contributed by atoms with E-state index in [0.717, 1.165) is 19.4 Å². The molecule has 0 radical (unpaired) electrons. The van der Waals surface area contributed by atoms with Crippen molar-refractivity contribution in [2.24, 2.45) is 0 Å². The lowest BCUT2D eigenvalue weighted by Gasteiger charge is -2.25. The summed E-state index contributed by atoms with van der Waals surface area (Å²) in [4.78, 5) is 13.7. The van der Waals surface area contributed by atoms with Gasteiger partial charge in [-0.15, -0.1) is 16.8 Å². The van der Waals surface area contributed by atoms with Crippen LogP contribution in [0.15, 0.2) is 42.1 Å². The fourth-order valence-corrected chi connectivity index (χ4v) is 3.62. The van der Waals surface area contributed by atoms with Crippen molar-refractivity contribution in [3.8, 4) is 11.4 Å². The van der Waals surface area contributed by atoms with Gasteiger partial charge in [0.2, 0.25) is 5.91 Å². The molecule has 0 spiro atoms. The van der Waals surface area contributed by atoms with Crippen molar-refractivity contribution in [1.82, 2.24) is 19.7 Å². The standard InChI is InChI=1S/C17H19FN4OS/c1-2-10-22-16(13-7-3-4-8-14(13)18)19-20-17(22)24-12-21-11-6-5-9-15(21)23/h2-4,7-8H,1,5-6,9-12H2. The molecule has 1 amide bonds. The molecule has 0 aliphatic carbocycles. The van der Waals surface area contributed by atoms with E-state index < -0.39 is 0 Å². The second-order valence-electron chi connectivity index (χ2n) is 5.57. The average molecular weight is 346 g/mol. The van der Waals surface area contributed by atoms with E-state index in [-0.39, 0.29) is 11.7 Å². The lowest BCUT2D eigenvalue weighted by molar-refractivity contribution is -0.132. The van der Waals surface area contributed by atoms with E-state index in [4.69, 9.17) is 0 Å². The Bertz CT molecular complexity index is 746. The summed E-state index contributed by atoms with van der Waals surface area (Å²) >= 11 is 1.44. The van der Waals surface area contributed by atoms with Crippen LogP contribution < -0.4 is 0 Å². The lowest BCUT2D eigenvalue weighted by atomic mass is 10.1. The van der Waals surface area contributed by atoms with Crippen LogP contribution in [0, 0.1) is 5.82 Å². The number of halogens is 1. The van der Waals surface area contributed by atoms with E-state index in [9.17, 15) is 9.18 Å². The molecule has 0 unspecified atom stereocenters. The molecule has 3 rings (SSSR count). The van der Waals surface area contributed by atoms with Crippen molar-refractivity contribution >= 4 is 17.7 Å². The van der Waals surface area contributed by atoms with E-state index in [2.05, 4.69) is 16.8 Å². The minimum absolute atomic E-state index is 0.179. The fourth-order valence-electron chi connectivity index (χ4n) is 2.66. The third-order valence-corrected chi connectivity index (χ3v) is 4.92. The van der Waals surface area contributed by atoms with Crippen LogP contribution in [0.3, 0.4) is 0 Å². The maximum Gasteiger partial charge on any atom is 0.223 e. The van der Waals surface area contributed by atoms with Gasteiger partial charge < -0.3 is 4.90 Å². The Morgan fingerprint density at radius 2 is 2.12 bits per heavy atom. The maximum atomic E-state index is 14.1. The van der Waals surface area contributed by atoms with Gasteiger partial charge in [0.05, 0.1) is 11.4 Å². The molecule has 1 aromatic carbocycles. The second-order valence-corrected chi connectivity index (χ2v) is 6.49. The summed E-state index contributed by atoms with van der Waals surface area (Å²) in [5.41, 5.74) is 0.410. The molecular formula is C17H19FN4OS. The Hall–Kier alpha value is -2.15. The summed E-state index contributed by atoms with van der Waals surface area (Å²) in [7, 11) is 0. The number of benzene rings is 1. The molecule has 1 aliphatic rings. The number of aromatic nitrogens is 3. The Kier molecular flexibility index (Phi) is 5.30. The van der Waals surface area contributed by atoms with Gasteiger partial charge in [0.25, 0.3) is 0 Å². The minimum atomic E-state index is -0.335. The minimum Gasteiger partial charge on any atom is -0.333 e. The van der Waals surface area contributed by atoms with Gasteiger partial charge in [-0.2, -0.15) is 0 Å². The first-order valence-electron chi connectivity index (χ1n) is 7.90. The third-order valence-electron chi connectivity index (χ3n) is 3.91. The van der Waals surface area contributed by atoms with Gasteiger partial charge in [0.1, 0.15) is 5.82 Å². The maximum absolute atomic E-state index is 14.1. The van der Waals surface area contributed by atoms with Crippen molar-refractivity contribution in [2.45, 2.75) is 31.0 Å². The monoisotopic (exact) mass is 346 g/mol. The van der Waals surface area contributed by atoms with Gasteiger partial charge in [-0.1, -0.05) is 30.0 Å². The number of rotatable bonds is 6. The number of nitrogens with zero attached hydrogens (tertiary/aromatic N) is 4. The van der Waals surface area contributed by atoms with Gasteiger partial charge >= 0.3 is 0 Å². The molecular weight excluding hydrogens is 327 g/mol. The zero-order valence-electron chi connectivity index (χ0n) is 13.3. The predicted octanol–water partition coefficient (Wildman–Crippen LogP) is 3.33. The van der Waals surface area contributed by atoms with Gasteiger partial charge in [-0.3, -0.25) is 9.36 Å². The molecule has 1 aliphatic heterocycles. The summed E-state index contributed by atoms with van der Waals surface area (Å²) in [5.74, 6) is 0.849. The molecule has 2 heterocycles. The zero-order valence-corrected chi connectivity index (χ0v) is 14.1. The molecule has 2 aromatic rings. The van der Waals surface area contributed by atoms with Crippen LogP contribution in [0.2, 0.25) is 0 Å². The summed E-state index contributed by atoms with van der Waals surface area (Å²) in [6.45, 7) is 5.01. The average Bonchev–Trinajstić information content (AvgIpc) is 2.98. The number of likely N-dealkylation sites (tertiary alicyclic amines) is 1. The third kappa shape index (κ3) is 3.51. The number of amides is 1. The highest BCUT2D eigenvalue weighted by Gasteiger charge is 2.21. The van der Waals surface area contributed by atoms with Crippen LogP contribution >= 0.6 is 11.8 Å². The molecule has 0 saturated carbocycles. The van der Waals surface area contributed by atoms with Gasteiger partial charge in [0.15, 0.2) is 11.0 Å². The van der Waals surface area contributed by atoms with Crippen LogP contribution in [0.5, 0.6) is 0 Å². The number of allylic oxidation sites excluding steroid dienone is 1. The number of hydrogen-bond donors (Lipinski definition) is 0. The van der Waals surface area contributed by atoms with Crippen LogP contribution in [0.4, 0.5) is 4.39 Å². The Labute approximate surface area is 144 Å². The van der Waals surface area contributed by atoms with Crippen LogP contribution in [-0.4, -0.2) is 38.0 Å². The molecule has 24 heavy (non-hydrogen) atoms. The first kappa shape index (κ1) is 16.7. The van der Waals surface area contributed by atoms with Crippen molar-refractivity contribution in [3.63, 3.8) is 0 Å². The largest absolute Gasteiger partial charge is 0.333 e. The summed E-state index contributed by atoms with van der Waals surface area (Å²) in [6.07, 6.45) is 4.33. The highest BCUT2D eigenvalue weighted by Crippen LogP contribution is 2.27. The van der Waals surface area contributed by atoms with E-state index in [0.29, 0.717) is 35.4 Å². The van der Waals surface area contributed by atoms with Crippen molar-refractivity contribution < 1.29 is 9.18 Å². The highest BCUT2D eigenvalue weighted by molar-refractivity contribution is 7.99. The zero-order chi connectivity index (χ0) is 16.9. The Morgan fingerprint density at radius 3 is 2.88 bits per heavy atom. The van der Waals surface area contributed by atoms with Crippen LogP contribution in [0.1, 0.15) is 19.3 Å². The van der Waals surface area contributed by atoms with Gasteiger partial charge in [-0.25, -0.2) is 4.39 Å². The summed E-state index contributed by atoms with van der Waals surface area (Å²) < 4.78 is 15.9. The quantitative estimate of drug-likeness (QED) is 0.595. The molecule has 0 N–H and O–H groups in total. The highest BCUT2D eigenvalue weighted by atomic mass is 32.2. The van der Waals surface area contributed by atoms with Crippen LogP contribution in [0.25, 0.3) is 11.4 Å². The number of carbonyl (C=O) groups is 1. The van der Waals surface area contributed by atoms with Crippen LogP contribution in [-0.2, 0) is 11.3 Å². The number of hydrogen-bond acceptors (Lipinski definition) is 4. The summed E-state index contributed by atoms with van der Waals surface area (Å²) in [5, 5.41) is 8.99. The molecule has 0 atom stereocenters. The number of piperidine rings is 1. The predicted molar refractivity (Wildman–Crippen MR) is 91.9 cm³/mol. The van der Waals surface area contributed by atoms with Crippen molar-refractivity contribution in [1.29, 1.82) is 0 Å². The second kappa shape index (κ2) is 7.61. The van der Waals surface area contributed by atoms with E-state index in [1.807, 2.05) is 9.47 Å². The summed E-state index contributed by atoms with van der Waals surface area (Å²) in [6, 6.07) is 6.50. The molecule has 5 nitrogen and oxygen atoms in total. The SMILES string of the molecule is C=CCn1c(SCN2CCCCC2=O)nnc1-c1ccccc1F. The lowest BCUT2D eigenvalue weighted by Crippen LogP contribution is -2.34.